The van der Waals surface area contributed by atoms with Crippen LogP contribution in [-0.2, 0) is 37.0 Å². The number of ether oxygens (including phenoxy) is 1. The van der Waals surface area contributed by atoms with Crippen molar-refractivity contribution < 1.29 is 14.3 Å². The number of esters is 1. The number of anilines is 1. The molecule has 8 heteroatoms. The zero-order valence-corrected chi connectivity index (χ0v) is 23.7. The van der Waals surface area contributed by atoms with Crippen LogP contribution in [0.5, 0.6) is 0 Å². The minimum atomic E-state index is -0.598. The third-order valence-corrected chi connectivity index (χ3v) is 9.44. The Morgan fingerprint density at radius 1 is 0.973 bits per heavy atom. The maximum Gasteiger partial charge on any atom is 0.341 e. The van der Waals surface area contributed by atoms with Crippen molar-refractivity contribution in [1.82, 2.24) is 10.3 Å². The van der Waals surface area contributed by atoms with Crippen LogP contribution in [0.2, 0.25) is 0 Å². The highest BCUT2D eigenvalue weighted by molar-refractivity contribution is 7.17. The van der Waals surface area contributed by atoms with Crippen LogP contribution < -0.4 is 10.6 Å². The van der Waals surface area contributed by atoms with Crippen LogP contribution in [0.3, 0.4) is 0 Å². The summed E-state index contributed by atoms with van der Waals surface area (Å²) in [6.45, 7) is 8.09. The normalized spacial score (nSPS) is 15.0. The predicted octanol–water partition coefficient (Wildman–Crippen LogP) is 7.21. The van der Waals surface area contributed by atoms with Crippen LogP contribution in [0.25, 0.3) is 10.4 Å². The van der Waals surface area contributed by atoms with E-state index in [9.17, 15) is 9.59 Å². The molecular formula is C29H35N3O3S2. The maximum atomic E-state index is 13.2. The fourth-order valence-electron chi connectivity index (χ4n) is 5.25. The number of carbonyl (C=O) groups is 2. The van der Waals surface area contributed by atoms with Gasteiger partial charge in [-0.2, -0.15) is 0 Å². The van der Waals surface area contributed by atoms with Crippen molar-refractivity contribution in [3.63, 3.8) is 0 Å². The van der Waals surface area contributed by atoms with Crippen molar-refractivity contribution in [3.8, 4) is 10.4 Å². The predicted molar refractivity (Wildman–Crippen MR) is 151 cm³/mol. The molecule has 0 saturated heterocycles. The first kappa shape index (κ1) is 25.9. The van der Waals surface area contributed by atoms with Gasteiger partial charge in [0, 0.05) is 39.1 Å². The first-order valence-corrected chi connectivity index (χ1v) is 14.8. The lowest BCUT2D eigenvalue weighted by Gasteiger charge is -2.21. The molecule has 0 spiro atoms. The van der Waals surface area contributed by atoms with E-state index in [1.54, 1.807) is 0 Å². The van der Waals surface area contributed by atoms with Gasteiger partial charge in [-0.25, -0.2) is 9.59 Å². The number of rotatable bonds is 5. The second-order valence-corrected chi connectivity index (χ2v) is 13.2. The Kier molecular flexibility index (Phi) is 7.41. The van der Waals surface area contributed by atoms with Gasteiger partial charge in [-0.15, -0.1) is 22.7 Å². The minimum Gasteiger partial charge on any atom is -0.456 e. The molecule has 2 N–H and O–H groups in total. The van der Waals surface area contributed by atoms with Gasteiger partial charge in [-0.3, -0.25) is 10.3 Å². The fourth-order valence-corrected chi connectivity index (χ4v) is 7.91. The van der Waals surface area contributed by atoms with Crippen molar-refractivity contribution in [2.45, 2.75) is 91.2 Å². The number of urea groups is 1. The zero-order valence-electron chi connectivity index (χ0n) is 22.1. The van der Waals surface area contributed by atoms with Gasteiger partial charge in [0.15, 0.2) is 0 Å². The smallest absolute Gasteiger partial charge is 0.341 e. The summed E-state index contributed by atoms with van der Waals surface area (Å²) in [6, 6.07) is 1.87. The van der Waals surface area contributed by atoms with E-state index in [2.05, 4.69) is 28.6 Å². The van der Waals surface area contributed by atoms with E-state index < -0.39 is 5.60 Å². The van der Waals surface area contributed by atoms with Gasteiger partial charge in [0.2, 0.25) is 0 Å². The average molecular weight is 538 g/mol. The molecule has 0 unspecified atom stereocenters. The number of amides is 2. The zero-order chi connectivity index (χ0) is 26.2. The molecule has 0 aromatic carbocycles. The SMILES string of the molecule is Cc1cncc(-c2sc3c(c2CNC(=O)Nc2sc4c(c2C(=O)OC(C)(C)C)CCCC4)CCCC3)c1. The molecule has 0 saturated carbocycles. The second-order valence-electron chi connectivity index (χ2n) is 11.0. The molecule has 2 aliphatic rings. The highest BCUT2D eigenvalue weighted by Gasteiger charge is 2.30. The van der Waals surface area contributed by atoms with E-state index in [1.165, 1.54) is 49.9 Å². The molecular weight excluding hydrogens is 502 g/mol. The van der Waals surface area contributed by atoms with E-state index in [1.807, 2.05) is 44.5 Å². The Hall–Kier alpha value is -2.71. The van der Waals surface area contributed by atoms with Crippen LogP contribution in [0.15, 0.2) is 18.5 Å². The van der Waals surface area contributed by atoms with Crippen molar-refractivity contribution in [3.05, 3.63) is 56.0 Å². The molecule has 0 atom stereocenters. The van der Waals surface area contributed by atoms with Crippen LogP contribution in [0.1, 0.15) is 88.8 Å². The number of thiophene rings is 2. The lowest BCUT2D eigenvalue weighted by molar-refractivity contribution is 0.00699. The first-order chi connectivity index (χ1) is 17.7. The monoisotopic (exact) mass is 537 g/mol. The molecule has 2 aliphatic carbocycles. The topological polar surface area (TPSA) is 80.3 Å². The third-order valence-electron chi connectivity index (χ3n) is 6.85. The highest BCUT2D eigenvalue weighted by atomic mass is 32.1. The van der Waals surface area contributed by atoms with Gasteiger partial charge < -0.3 is 10.1 Å². The van der Waals surface area contributed by atoms with Crippen LogP contribution in [0.4, 0.5) is 9.80 Å². The molecule has 3 aromatic rings. The Labute approximate surface area is 226 Å². The van der Waals surface area contributed by atoms with E-state index in [0.29, 0.717) is 17.1 Å². The van der Waals surface area contributed by atoms with Crippen molar-refractivity contribution in [1.29, 1.82) is 0 Å². The highest BCUT2D eigenvalue weighted by Crippen LogP contribution is 2.41. The van der Waals surface area contributed by atoms with Gasteiger partial charge in [-0.1, -0.05) is 0 Å². The summed E-state index contributed by atoms with van der Waals surface area (Å²) in [5.41, 5.74) is 5.78. The molecule has 6 nitrogen and oxygen atoms in total. The first-order valence-electron chi connectivity index (χ1n) is 13.2. The minimum absolute atomic E-state index is 0.299. The number of nitrogens with one attached hydrogen (secondary N) is 2. The molecule has 0 fully saturated rings. The van der Waals surface area contributed by atoms with Crippen LogP contribution in [-0.4, -0.2) is 22.6 Å². The molecule has 0 radical (unpaired) electrons. The summed E-state index contributed by atoms with van der Waals surface area (Å²) >= 11 is 3.35. The number of fused-ring (bicyclic) bond motifs is 2. The molecule has 2 amide bonds. The summed E-state index contributed by atoms with van der Waals surface area (Å²) < 4.78 is 5.72. The van der Waals surface area contributed by atoms with Crippen molar-refractivity contribution >= 4 is 39.7 Å². The third kappa shape index (κ3) is 5.75. The molecule has 0 aliphatic heterocycles. The standard InChI is InChI=1S/C29H35N3O3S2/c1-17-13-18(15-30-14-17)25-21(19-9-5-7-11-22(19)36-25)16-31-28(34)32-26-24(27(33)35-29(2,3)4)20-10-6-8-12-23(20)37-26/h13-15H,5-12,16H2,1-4H3,(H2,31,32,34). The summed E-state index contributed by atoms with van der Waals surface area (Å²) in [5, 5.41) is 6.69. The Morgan fingerprint density at radius 3 is 2.35 bits per heavy atom. The molecule has 5 rings (SSSR count). The van der Waals surface area contributed by atoms with E-state index >= 15 is 0 Å². The van der Waals surface area contributed by atoms with Gasteiger partial charge in [0.05, 0.1) is 5.56 Å². The molecule has 3 aromatic heterocycles. The number of hydrogen-bond donors (Lipinski definition) is 2. The lowest BCUT2D eigenvalue weighted by atomic mass is 9.94. The maximum absolute atomic E-state index is 13.2. The number of aryl methyl sites for hydroxylation is 3. The average Bonchev–Trinajstić information content (AvgIpc) is 3.39. The lowest BCUT2D eigenvalue weighted by Crippen LogP contribution is -2.30. The second kappa shape index (κ2) is 10.6. The van der Waals surface area contributed by atoms with Crippen molar-refractivity contribution in [2.24, 2.45) is 0 Å². The number of nitrogens with zero attached hydrogens (tertiary/aromatic N) is 1. The molecule has 37 heavy (non-hydrogen) atoms. The Morgan fingerprint density at radius 2 is 1.65 bits per heavy atom. The summed E-state index contributed by atoms with van der Waals surface area (Å²) in [6.07, 6.45) is 12.2. The van der Waals surface area contributed by atoms with Gasteiger partial charge in [-0.05, 0) is 107 Å². The van der Waals surface area contributed by atoms with E-state index in [-0.39, 0.29) is 12.0 Å². The van der Waals surface area contributed by atoms with E-state index in [0.717, 1.165) is 55.2 Å². The molecule has 196 valence electrons. The van der Waals surface area contributed by atoms with Gasteiger partial charge >= 0.3 is 12.0 Å². The van der Waals surface area contributed by atoms with Gasteiger partial charge in [0.25, 0.3) is 0 Å². The summed E-state index contributed by atoms with van der Waals surface area (Å²) in [5.74, 6) is -0.358. The Balaban J connectivity index is 1.38. The molecule has 0 bridgehead atoms. The number of carbonyl (C=O) groups excluding carboxylic acids is 2. The van der Waals surface area contributed by atoms with Gasteiger partial charge in [0.1, 0.15) is 10.6 Å². The summed E-state index contributed by atoms with van der Waals surface area (Å²) in [4.78, 5) is 34.5. The number of pyridine rings is 1. The van der Waals surface area contributed by atoms with E-state index in [4.69, 9.17) is 4.74 Å². The van der Waals surface area contributed by atoms with Crippen molar-refractivity contribution in [2.75, 3.05) is 5.32 Å². The quantitative estimate of drug-likeness (QED) is 0.337. The number of hydrogen-bond acceptors (Lipinski definition) is 6. The van der Waals surface area contributed by atoms with Crippen LogP contribution in [0, 0.1) is 6.92 Å². The Bertz CT molecular complexity index is 1330. The summed E-state index contributed by atoms with van der Waals surface area (Å²) in [7, 11) is 0. The van der Waals surface area contributed by atoms with Crippen LogP contribution >= 0.6 is 22.7 Å². The molecule has 3 heterocycles. The fraction of sp³-hybridized carbons (Fsp3) is 0.483. The largest absolute Gasteiger partial charge is 0.456 e. The number of aromatic nitrogens is 1.